The average molecular weight is 429 g/mol. The predicted octanol–water partition coefficient (Wildman–Crippen LogP) is 5.53. The van der Waals surface area contributed by atoms with Crippen molar-refractivity contribution in [2.75, 3.05) is 5.32 Å². The summed E-state index contributed by atoms with van der Waals surface area (Å²) in [4.78, 5) is 12.3. The molecule has 1 N–H and O–H groups in total. The highest BCUT2D eigenvalue weighted by atomic mass is 79.9. The highest BCUT2D eigenvalue weighted by Gasteiger charge is 2.15. The molecule has 23 heavy (non-hydrogen) atoms. The minimum Gasteiger partial charge on any atom is -0.296 e. The summed E-state index contributed by atoms with van der Waals surface area (Å²) in [6.45, 7) is 0. The van der Waals surface area contributed by atoms with Gasteiger partial charge in [0.05, 0.1) is 15.6 Å². The molecular weight excluding hydrogens is 421 g/mol. The maximum atomic E-state index is 12.3. The zero-order valence-electron chi connectivity index (χ0n) is 11.4. The Morgan fingerprint density at radius 3 is 2.65 bits per heavy atom. The molecule has 0 bridgehead atoms. The average Bonchev–Trinajstić information content (AvgIpc) is 2.98. The smallest absolute Gasteiger partial charge is 0.259 e. The Labute approximate surface area is 154 Å². The largest absolute Gasteiger partial charge is 0.296 e. The van der Waals surface area contributed by atoms with E-state index in [9.17, 15) is 4.79 Å². The first-order valence-corrected chi connectivity index (χ1v) is 8.76. The van der Waals surface area contributed by atoms with Gasteiger partial charge in [-0.3, -0.25) is 10.1 Å². The van der Waals surface area contributed by atoms with E-state index in [0.717, 1.165) is 10.0 Å². The van der Waals surface area contributed by atoms with Crippen molar-refractivity contribution >= 4 is 61.5 Å². The lowest BCUT2D eigenvalue weighted by molar-refractivity contribution is 0.102. The van der Waals surface area contributed by atoms with Crippen LogP contribution in [-0.4, -0.2) is 16.1 Å². The summed E-state index contributed by atoms with van der Waals surface area (Å²) in [5.41, 5.74) is 1.13. The molecule has 4 nitrogen and oxygen atoms in total. The first-order valence-electron chi connectivity index (χ1n) is 6.39. The number of nitrogens with zero attached hydrogens (tertiary/aromatic N) is 2. The van der Waals surface area contributed by atoms with Crippen molar-refractivity contribution in [2.24, 2.45) is 0 Å². The van der Waals surface area contributed by atoms with Gasteiger partial charge in [0, 0.05) is 10.0 Å². The summed E-state index contributed by atoms with van der Waals surface area (Å²) in [6, 6.07) is 12.4. The molecule has 0 fully saturated rings. The summed E-state index contributed by atoms with van der Waals surface area (Å²) >= 11 is 16.7. The van der Waals surface area contributed by atoms with Crippen LogP contribution in [0.15, 0.2) is 46.9 Å². The van der Waals surface area contributed by atoms with Crippen LogP contribution >= 0.6 is 50.5 Å². The third-order valence-corrected chi connectivity index (χ3v) is 4.95. The monoisotopic (exact) mass is 427 g/mol. The summed E-state index contributed by atoms with van der Waals surface area (Å²) in [6.07, 6.45) is 0. The van der Waals surface area contributed by atoms with E-state index in [-0.39, 0.29) is 5.91 Å². The van der Waals surface area contributed by atoms with Crippen LogP contribution in [0.5, 0.6) is 0 Å². The number of halogens is 3. The Balaban J connectivity index is 1.83. The van der Waals surface area contributed by atoms with E-state index in [1.54, 1.807) is 24.3 Å². The zero-order chi connectivity index (χ0) is 16.4. The van der Waals surface area contributed by atoms with Crippen molar-refractivity contribution in [3.63, 3.8) is 0 Å². The molecule has 0 saturated carbocycles. The summed E-state index contributed by atoms with van der Waals surface area (Å²) in [5.74, 6) is -0.349. The number of carbonyl (C=O) groups excluding carboxylic acids is 1. The molecule has 2 aromatic carbocycles. The molecule has 3 rings (SSSR count). The minimum atomic E-state index is -0.349. The van der Waals surface area contributed by atoms with Crippen molar-refractivity contribution in [2.45, 2.75) is 0 Å². The van der Waals surface area contributed by atoms with Crippen LogP contribution in [0.1, 0.15) is 10.4 Å². The maximum absolute atomic E-state index is 12.3. The lowest BCUT2D eigenvalue weighted by atomic mass is 10.2. The van der Waals surface area contributed by atoms with Crippen LogP contribution in [0.4, 0.5) is 5.13 Å². The molecule has 0 atom stereocenters. The first-order chi connectivity index (χ1) is 11.0. The molecule has 0 aliphatic carbocycles. The molecule has 1 heterocycles. The van der Waals surface area contributed by atoms with Gasteiger partial charge in [0.1, 0.15) is 0 Å². The third kappa shape index (κ3) is 3.72. The normalized spacial score (nSPS) is 10.6. The van der Waals surface area contributed by atoms with Crippen molar-refractivity contribution in [1.82, 2.24) is 10.2 Å². The zero-order valence-corrected chi connectivity index (χ0v) is 15.3. The Bertz CT molecular complexity index is 885. The van der Waals surface area contributed by atoms with Gasteiger partial charge < -0.3 is 0 Å². The van der Waals surface area contributed by atoms with Gasteiger partial charge in [0.25, 0.3) is 5.91 Å². The van der Waals surface area contributed by atoms with Crippen LogP contribution in [0, 0.1) is 0 Å². The molecule has 1 amide bonds. The summed E-state index contributed by atoms with van der Waals surface area (Å²) < 4.78 is 0.765. The fourth-order valence-corrected chi connectivity index (χ4v) is 3.48. The number of nitrogens with one attached hydrogen (secondary N) is 1. The fourth-order valence-electron chi connectivity index (χ4n) is 1.85. The number of amides is 1. The van der Waals surface area contributed by atoms with Crippen LogP contribution in [0.3, 0.4) is 0 Å². The molecule has 0 radical (unpaired) electrons. The molecule has 8 heteroatoms. The standard InChI is InChI=1S/C15H8BrCl2N3OS/c16-8-5-6-12(18)10(7-8)13(22)19-15-21-20-14(23-15)9-3-1-2-4-11(9)17/h1-7H,(H,19,21,22). The number of aromatic nitrogens is 2. The van der Waals surface area contributed by atoms with Crippen LogP contribution in [0.2, 0.25) is 10.0 Å². The van der Waals surface area contributed by atoms with Gasteiger partial charge in [0.2, 0.25) is 5.13 Å². The van der Waals surface area contributed by atoms with E-state index in [1.165, 1.54) is 11.3 Å². The van der Waals surface area contributed by atoms with Gasteiger partial charge in [0.15, 0.2) is 5.01 Å². The molecule has 116 valence electrons. The molecule has 3 aromatic rings. The topological polar surface area (TPSA) is 54.9 Å². The second kappa shape index (κ2) is 6.97. The van der Waals surface area contributed by atoms with Gasteiger partial charge in [-0.2, -0.15) is 0 Å². The molecule has 1 aromatic heterocycles. The van der Waals surface area contributed by atoms with E-state index in [0.29, 0.717) is 25.7 Å². The second-order valence-corrected chi connectivity index (χ2v) is 7.18. The number of carbonyl (C=O) groups is 1. The summed E-state index contributed by atoms with van der Waals surface area (Å²) in [7, 11) is 0. The van der Waals surface area contributed by atoms with E-state index in [4.69, 9.17) is 23.2 Å². The lowest BCUT2D eigenvalue weighted by Crippen LogP contribution is -2.12. The Hall–Kier alpha value is -1.47. The first kappa shape index (κ1) is 16.4. The molecule has 0 unspecified atom stereocenters. The predicted molar refractivity (Wildman–Crippen MR) is 97.5 cm³/mol. The molecule has 0 spiro atoms. The van der Waals surface area contributed by atoms with Crippen LogP contribution in [-0.2, 0) is 0 Å². The van der Waals surface area contributed by atoms with E-state index in [2.05, 4.69) is 31.4 Å². The van der Waals surface area contributed by atoms with Gasteiger partial charge in [-0.1, -0.05) is 68.7 Å². The Morgan fingerprint density at radius 1 is 1.09 bits per heavy atom. The highest BCUT2D eigenvalue weighted by Crippen LogP contribution is 2.32. The van der Waals surface area contributed by atoms with Gasteiger partial charge in [-0.15, -0.1) is 10.2 Å². The number of hydrogen-bond acceptors (Lipinski definition) is 4. The van der Waals surface area contributed by atoms with Gasteiger partial charge in [-0.05, 0) is 24.3 Å². The molecule has 0 aliphatic rings. The molecular formula is C15H8BrCl2N3OS. The van der Waals surface area contributed by atoms with Gasteiger partial charge in [-0.25, -0.2) is 0 Å². The SMILES string of the molecule is O=C(Nc1nnc(-c2ccccc2Cl)s1)c1cc(Br)ccc1Cl. The lowest BCUT2D eigenvalue weighted by Gasteiger charge is -2.04. The quantitative estimate of drug-likeness (QED) is 0.596. The Morgan fingerprint density at radius 2 is 1.87 bits per heavy atom. The van der Waals surface area contributed by atoms with E-state index >= 15 is 0 Å². The number of rotatable bonds is 3. The molecule has 0 saturated heterocycles. The van der Waals surface area contributed by atoms with Crippen molar-refractivity contribution in [3.8, 4) is 10.6 Å². The van der Waals surface area contributed by atoms with E-state index in [1.807, 2.05) is 18.2 Å². The number of hydrogen-bond donors (Lipinski definition) is 1. The number of benzene rings is 2. The fraction of sp³-hybridized carbons (Fsp3) is 0. The van der Waals surface area contributed by atoms with Crippen LogP contribution < -0.4 is 5.32 Å². The highest BCUT2D eigenvalue weighted by molar-refractivity contribution is 9.10. The second-order valence-electron chi connectivity index (χ2n) is 4.47. The Kier molecular flexibility index (Phi) is 4.96. The maximum Gasteiger partial charge on any atom is 0.259 e. The van der Waals surface area contributed by atoms with Crippen LogP contribution in [0.25, 0.3) is 10.6 Å². The van der Waals surface area contributed by atoms with E-state index < -0.39 is 0 Å². The number of anilines is 1. The summed E-state index contributed by atoms with van der Waals surface area (Å²) in [5, 5.41) is 12.7. The molecule has 0 aliphatic heterocycles. The minimum absolute atomic E-state index is 0.349. The van der Waals surface area contributed by atoms with Crippen molar-refractivity contribution in [1.29, 1.82) is 0 Å². The van der Waals surface area contributed by atoms with Crippen molar-refractivity contribution < 1.29 is 4.79 Å². The van der Waals surface area contributed by atoms with Gasteiger partial charge >= 0.3 is 0 Å². The third-order valence-electron chi connectivity index (χ3n) is 2.92. The van der Waals surface area contributed by atoms with Crippen molar-refractivity contribution in [3.05, 3.63) is 62.5 Å².